The first kappa shape index (κ1) is 37.8. The zero-order valence-electron chi connectivity index (χ0n) is 37.1. The normalized spacial score (nSPS) is 14.7. The fourth-order valence-corrected chi connectivity index (χ4v) is 12.6. The Kier molecular flexibility index (Phi) is 8.59. The van der Waals surface area contributed by atoms with Gasteiger partial charge in [-0.3, -0.25) is 0 Å². The molecule has 0 atom stereocenters. The average molecular weight is 846 g/mol. The third-order valence-corrected chi connectivity index (χ3v) is 15.3. The monoisotopic (exact) mass is 845 g/mol. The number of hydrogen-bond acceptors (Lipinski definition) is 2. The summed E-state index contributed by atoms with van der Waals surface area (Å²) in [5, 5.41) is 2.53. The molecule has 2 aliphatic carbocycles. The Morgan fingerprint density at radius 1 is 0.348 bits per heavy atom. The highest BCUT2D eigenvalue weighted by atomic mass is 15.2. The number of rotatable bonds is 5. The summed E-state index contributed by atoms with van der Waals surface area (Å²) in [7, 11) is 0. The van der Waals surface area contributed by atoms with Gasteiger partial charge in [-0.1, -0.05) is 146 Å². The molecule has 0 saturated heterocycles. The molecular formula is C62H48BN3. The summed E-state index contributed by atoms with van der Waals surface area (Å²) >= 11 is 0. The highest BCUT2D eigenvalue weighted by molar-refractivity contribution is 7.00. The Morgan fingerprint density at radius 3 is 1.27 bits per heavy atom. The van der Waals surface area contributed by atoms with Crippen LogP contribution in [0, 0.1) is 0 Å². The molecule has 0 saturated carbocycles. The first-order valence-corrected chi connectivity index (χ1v) is 24.1. The van der Waals surface area contributed by atoms with Gasteiger partial charge in [-0.2, -0.15) is 0 Å². The minimum atomic E-state index is 0.0257. The van der Waals surface area contributed by atoms with Gasteiger partial charge in [-0.15, -0.1) is 0 Å². The summed E-state index contributed by atoms with van der Waals surface area (Å²) in [5.74, 6) is 0. The Hall–Kier alpha value is -7.56. The molecule has 4 aliphatic rings. The van der Waals surface area contributed by atoms with E-state index in [1.54, 1.807) is 0 Å². The summed E-state index contributed by atoms with van der Waals surface area (Å²) < 4.78 is 2.53. The molecular weight excluding hydrogens is 798 g/mol. The maximum Gasteiger partial charge on any atom is 0.252 e. The summed E-state index contributed by atoms with van der Waals surface area (Å²) in [5.41, 5.74) is 26.4. The van der Waals surface area contributed by atoms with E-state index in [1.807, 2.05) is 0 Å². The van der Waals surface area contributed by atoms with Crippen molar-refractivity contribution in [1.82, 2.24) is 4.57 Å². The van der Waals surface area contributed by atoms with E-state index < -0.39 is 0 Å². The molecule has 0 fully saturated rings. The van der Waals surface area contributed by atoms with Gasteiger partial charge < -0.3 is 14.4 Å². The summed E-state index contributed by atoms with van der Waals surface area (Å²) in [6.45, 7) is 0.0257. The van der Waals surface area contributed by atoms with Crippen molar-refractivity contribution in [3.63, 3.8) is 0 Å². The van der Waals surface area contributed by atoms with Crippen LogP contribution in [-0.2, 0) is 25.7 Å². The van der Waals surface area contributed by atoms with Crippen molar-refractivity contribution in [1.29, 1.82) is 0 Å². The molecule has 0 spiro atoms. The quantitative estimate of drug-likeness (QED) is 0.160. The highest BCUT2D eigenvalue weighted by Gasteiger charge is 2.45. The van der Waals surface area contributed by atoms with Gasteiger partial charge in [0.05, 0.1) is 28.1 Å². The van der Waals surface area contributed by atoms with Crippen LogP contribution >= 0.6 is 0 Å². The first-order valence-electron chi connectivity index (χ1n) is 24.1. The summed E-state index contributed by atoms with van der Waals surface area (Å²) in [4.78, 5) is 5.33. The minimum absolute atomic E-state index is 0.0257. The molecule has 4 heteroatoms. The van der Waals surface area contributed by atoms with Crippen LogP contribution < -0.4 is 26.2 Å². The molecule has 2 aliphatic heterocycles. The van der Waals surface area contributed by atoms with E-state index in [4.69, 9.17) is 0 Å². The Labute approximate surface area is 387 Å². The molecule has 10 aromatic rings. The summed E-state index contributed by atoms with van der Waals surface area (Å²) in [6.07, 6.45) is 9.34. The molecule has 14 rings (SSSR count). The van der Waals surface area contributed by atoms with E-state index >= 15 is 0 Å². The van der Waals surface area contributed by atoms with Gasteiger partial charge in [0.15, 0.2) is 0 Å². The van der Waals surface area contributed by atoms with Crippen LogP contribution in [0.25, 0.3) is 49.7 Å². The highest BCUT2D eigenvalue weighted by Crippen LogP contribution is 2.51. The third kappa shape index (κ3) is 5.57. The number of anilines is 6. The molecule has 0 amide bonds. The van der Waals surface area contributed by atoms with Gasteiger partial charge in [0.1, 0.15) is 0 Å². The van der Waals surface area contributed by atoms with Gasteiger partial charge in [-0.05, 0) is 150 Å². The second-order valence-corrected chi connectivity index (χ2v) is 18.8. The number of fused-ring (bicyclic) bond motifs is 9. The van der Waals surface area contributed by atoms with Crippen molar-refractivity contribution >= 4 is 79.0 Å². The fourth-order valence-electron chi connectivity index (χ4n) is 12.6. The zero-order chi connectivity index (χ0) is 43.3. The fraction of sp³-hybridized carbons (Fsp3) is 0.129. The van der Waals surface area contributed by atoms with Crippen LogP contribution in [-0.4, -0.2) is 11.3 Å². The number of hydrogen-bond donors (Lipinski definition) is 0. The molecule has 314 valence electrons. The van der Waals surface area contributed by atoms with Gasteiger partial charge in [-0.25, -0.2) is 0 Å². The zero-order valence-corrected chi connectivity index (χ0v) is 37.1. The molecule has 9 aromatic carbocycles. The first-order chi connectivity index (χ1) is 32.8. The van der Waals surface area contributed by atoms with E-state index in [-0.39, 0.29) is 6.71 Å². The maximum atomic E-state index is 2.66. The van der Waals surface area contributed by atoms with Crippen molar-refractivity contribution < 1.29 is 0 Å². The number of benzene rings is 9. The topological polar surface area (TPSA) is 11.4 Å². The number of aromatic nitrogens is 1. The van der Waals surface area contributed by atoms with Crippen LogP contribution in [0.3, 0.4) is 0 Å². The molecule has 0 unspecified atom stereocenters. The van der Waals surface area contributed by atoms with E-state index in [9.17, 15) is 0 Å². The van der Waals surface area contributed by atoms with Crippen molar-refractivity contribution in [2.24, 2.45) is 0 Å². The van der Waals surface area contributed by atoms with E-state index in [0.717, 1.165) is 31.4 Å². The molecule has 0 radical (unpaired) electrons. The van der Waals surface area contributed by atoms with Crippen LogP contribution in [0.15, 0.2) is 194 Å². The standard InChI is InChI=1S/C62H48BN3/c1-3-21-43(22-4-1)60-46-25-9-7-19-41(46)35-37-56(60)65-54-33-17-13-29-50(54)63-51-30-14-18-34-55(51)66(57-38-36-42-20-8-10-26-47(42)61(57)44-23-5-2-6-24-44)59-40-45(39-58(65)62(59)63)64-52-31-15-11-27-48(52)49-28-12-16-32-53(49)64/h1-6,11-18,21-24,27-40H,7-10,19-20,25-26H2. The van der Waals surface area contributed by atoms with Crippen LogP contribution in [0.4, 0.5) is 34.1 Å². The Morgan fingerprint density at radius 2 is 0.773 bits per heavy atom. The Balaban J connectivity index is 1.14. The van der Waals surface area contributed by atoms with Crippen molar-refractivity contribution in [2.45, 2.75) is 51.4 Å². The summed E-state index contributed by atoms with van der Waals surface area (Å²) in [6, 6.07) is 73.9. The number of aryl methyl sites for hydroxylation is 2. The van der Waals surface area contributed by atoms with Gasteiger partial charge in [0, 0.05) is 44.6 Å². The lowest BCUT2D eigenvalue weighted by atomic mass is 9.33. The lowest BCUT2D eigenvalue weighted by Crippen LogP contribution is -2.61. The number of para-hydroxylation sites is 4. The molecule has 0 N–H and O–H groups in total. The van der Waals surface area contributed by atoms with Gasteiger partial charge in [0.25, 0.3) is 6.71 Å². The molecule has 0 bridgehead atoms. The smallest absolute Gasteiger partial charge is 0.252 e. The van der Waals surface area contributed by atoms with Crippen LogP contribution in [0.1, 0.15) is 47.9 Å². The predicted molar refractivity (Wildman–Crippen MR) is 279 cm³/mol. The Bertz CT molecular complexity index is 3340. The van der Waals surface area contributed by atoms with Crippen molar-refractivity contribution in [3.8, 4) is 27.9 Å². The second kappa shape index (κ2) is 15.0. The van der Waals surface area contributed by atoms with E-state index in [0.29, 0.717) is 0 Å². The van der Waals surface area contributed by atoms with Crippen LogP contribution in [0.5, 0.6) is 0 Å². The SMILES string of the molecule is c1ccc(-c2c(N3c4ccccc4B4c5ccccc5N(c5ccc6c(c5-c5ccccc5)CCCC6)c5cc(-n6c7ccccc7c7ccccc76)cc3c54)ccc3c2CCCC3)cc1. The number of nitrogens with zero attached hydrogens (tertiary/aromatic N) is 3. The van der Waals surface area contributed by atoms with Crippen molar-refractivity contribution in [3.05, 3.63) is 216 Å². The lowest BCUT2D eigenvalue weighted by Gasteiger charge is -2.45. The molecule has 66 heavy (non-hydrogen) atoms. The molecule has 3 nitrogen and oxygen atoms in total. The predicted octanol–water partition coefficient (Wildman–Crippen LogP) is 14.0. The van der Waals surface area contributed by atoms with E-state index in [1.165, 1.54) is 143 Å². The maximum absolute atomic E-state index is 2.66. The van der Waals surface area contributed by atoms with E-state index in [2.05, 4.69) is 208 Å². The largest absolute Gasteiger partial charge is 0.311 e. The lowest BCUT2D eigenvalue weighted by molar-refractivity contribution is 0.687. The third-order valence-electron chi connectivity index (χ3n) is 15.3. The van der Waals surface area contributed by atoms with Gasteiger partial charge in [0.2, 0.25) is 0 Å². The molecule has 1 aromatic heterocycles. The average Bonchev–Trinajstić information content (AvgIpc) is 3.73. The second-order valence-electron chi connectivity index (χ2n) is 18.8. The minimum Gasteiger partial charge on any atom is -0.311 e. The van der Waals surface area contributed by atoms with Gasteiger partial charge >= 0.3 is 0 Å². The molecule has 3 heterocycles. The van der Waals surface area contributed by atoms with Crippen molar-refractivity contribution in [2.75, 3.05) is 9.80 Å². The van der Waals surface area contributed by atoms with Crippen LogP contribution in [0.2, 0.25) is 0 Å².